The van der Waals surface area contributed by atoms with Crippen LogP contribution in [0.25, 0.3) is 10.4 Å². The number of anilines is 1. The Bertz CT molecular complexity index is 839. The summed E-state index contributed by atoms with van der Waals surface area (Å²) in [6.45, 7) is 1.18. The number of aromatic amines is 1. The van der Waals surface area contributed by atoms with Crippen molar-refractivity contribution < 1.29 is 9.53 Å². The van der Waals surface area contributed by atoms with E-state index in [1.54, 1.807) is 0 Å². The van der Waals surface area contributed by atoms with Gasteiger partial charge in [0.05, 0.1) is 18.1 Å². The van der Waals surface area contributed by atoms with Gasteiger partial charge in [0, 0.05) is 22.6 Å². The molecule has 3 aromatic rings. The molecular weight excluding hydrogens is 310 g/mol. The summed E-state index contributed by atoms with van der Waals surface area (Å²) in [5.74, 6) is 0.427. The molecule has 1 amide bonds. The number of carbonyl (C=O) groups is 1. The van der Waals surface area contributed by atoms with Crippen molar-refractivity contribution in [3.05, 3.63) is 58.6 Å². The lowest BCUT2D eigenvalue weighted by atomic mass is 10.1. The highest BCUT2D eigenvalue weighted by Gasteiger charge is 2.20. The number of aromatic nitrogens is 2. The lowest BCUT2D eigenvalue weighted by molar-refractivity contribution is 0.102. The molecule has 116 valence electrons. The van der Waals surface area contributed by atoms with Crippen molar-refractivity contribution in [1.82, 2.24) is 10.2 Å². The number of H-pyrrole nitrogens is 1. The minimum absolute atomic E-state index is 0.142. The monoisotopic (exact) mass is 325 g/mol. The Morgan fingerprint density at radius 1 is 1.22 bits per heavy atom. The van der Waals surface area contributed by atoms with Crippen LogP contribution in [0, 0.1) is 0 Å². The zero-order valence-electron chi connectivity index (χ0n) is 12.3. The maximum Gasteiger partial charge on any atom is 0.266 e. The van der Waals surface area contributed by atoms with Crippen LogP contribution in [0.1, 0.15) is 20.9 Å². The fourth-order valence-electron chi connectivity index (χ4n) is 2.60. The van der Waals surface area contributed by atoms with Gasteiger partial charge in [-0.2, -0.15) is 5.10 Å². The Morgan fingerprint density at radius 3 is 2.96 bits per heavy atom. The quantitative estimate of drug-likeness (QED) is 0.775. The van der Waals surface area contributed by atoms with Gasteiger partial charge in [-0.05, 0) is 17.7 Å². The average molecular weight is 325 g/mol. The van der Waals surface area contributed by atoms with E-state index in [0.717, 1.165) is 28.1 Å². The van der Waals surface area contributed by atoms with Crippen molar-refractivity contribution in [2.75, 3.05) is 11.9 Å². The molecule has 6 heteroatoms. The van der Waals surface area contributed by atoms with Gasteiger partial charge in [0.15, 0.2) is 5.82 Å². The third kappa shape index (κ3) is 2.78. The number of nitrogens with one attached hydrogen (secondary N) is 2. The first-order chi connectivity index (χ1) is 11.3. The van der Waals surface area contributed by atoms with Crippen LogP contribution < -0.4 is 5.32 Å². The number of carbonyl (C=O) groups excluding carboxylic acids is 1. The van der Waals surface area contributed by atoms with Gasteiger partial charge in [0.25, 0.3) is 5.91 Å². The highest BCUT2D eigenvalue weighted by molar-refractivity contribution is 7.17. The summed E-state index contributed by atoms with van der Waals surface area (Å²) in [4.78, 5) is 14.2. The molecule has 2 N–H and O–H groups in total. The Kier molecular flexibility index (Phi) is 3.69. The first kappa shape index (κ1) is 14.2. The van der Waals surface area contributed by atoms with Crippen molar-refractivity contribution in [2.45, 2.75) is 13.0 Å². The van der Waals surface area contributed by atoms with Crippen LogP contribution in [0.2, 0.25) is 0 Å². The van der Waals surface area contributed by atoms with Crippen LogP contribution in [0.15, 0.2) is 42.5 Å². The molecule has 0 atom stereocenters. The van der Waals surface area contributed by atoms with E-state index >= 15 is 0 Å². The molecule has 0 aliphatic carbocycles. The Morgan fingerprint density at radius 2 is 2.09 bits per heavy atom. The lowest BCUT2D eigenvalue weighted by Crippen LogP contribution is -2.14. The largest absolute Gasteiger partial charge is 0.376 e. The smallest absolute Gasteiger partial charge is 0.266 e. The van der Waals surface area contributed by atoms with Crippen LogP contribution in [-0.4, -0.2) is 22.7 Å². The van der Waals surface area contributed by atoms with E-state index in [0.29, 0.717) is 23.9 Å². The molecule has 0 radical (unpaired) electrons. The number of benzene rings is 1. The van der Waals surface area contributed by atoms with E-state index in [4.69, 9.17) is 4.74 Å². The molecule has 0 saturated heterocycles. The van der Waals surface area contributed by atoms with Gasteiger partial charge in [-0.15, -0.1) is 11.3 Å². The Labute approximate surface area is 137 Å². The molecule has 23 heavy (non-hydrogen) atoms. The summed E-state index contributed by atoms with van der Waals surface area (Å²) in [6, 6.07) is 13.9. The van der Waals surface area contributed by atoms with Gasteiger partial charge < -0.3 is 10.1 Å². The highest BCUT2D eigenvalue weighted by atomic mass is 32.1. The molecule has 0 unspecified atom stereocenters. The average Bonchev–Trinajstić information content (AvgIpc) is 3.24. The molecule has 1 aliphatic heterocycles. The number of ether oxygens (including phenoxy) is 1. The summed E-state index contributed by atoms with van der Waals surface area (Å²) in [6.07, 6.45) is 0.801. The zero-order valence-corrected chi connectivity index (χ0v) is 13.2. The van der Waals surface area contributed by atoms with E-state index in [1.807, 2.05) is 42.5 Å². The molecular formula is C17H15N3O2S. The third-order valence-electron chi connectivity index (χ3n) is 3.82. The Hall–Kier alpha value is -2.44. The number of rotatable bonds is 3. The van der Waals surface area contributed by atoms with Crippen LogP contribution in [0.5, 0.6) is 0 Å². The second kappa shape index (κ2) is 5.98. The topological polar surface area (TPSA) is 67.0 Å². The normalized spacial score (nSPS) is 13.6. The number of hydrogen-bond donors (Lipinski definition) is 2. The number of fused-ring (bicyclic) bond motifs is 1. The number of hydrogen-bond acceptors (Lipinski definition) is 4. The fourth-order valence-corrected chi connectivity index (χ4v) is 3.51. The van der Waals surface area contributed by atoms with Crippen LogP contribution in [0.3, 0.4) is 0 Å². The molecule has 4 rings (SSSR count). The van der Waals surface area contributed by atoms with Crippen molar-refractivity contribution in [3.8, 4) is 10.4 Å². The SMILES string of the molecule is O=C(Nc1n[nH]c2c1COCC2)c1ccc(-c2ccccc2)s1. The van der Waals surface area contributed by atoms with Crippen LogP contribution in [-0.2, 0) is 17.8 Å². The minimum atomic E-state index is -0.142. The number of amides is 1. The van der Waals surface area contributed by atoms with Crippen molar-refractivity contribution in [1.29, 1.82) is 0 Å². The molecule has 0 bridgehead atoms. The maximum atomic E-state index is 12.4. The second-order valence-corrected chi connectivity index (χ2v) is 6.40. The highest BCUT2D eigenvalue weighted by Crippen LogP contribution is 2.29. The molecule has 1 aliphatic rings. The molecule has 0 saturated carbocycles. The predicted octanol–water partition coefficient (Wildman–Crippen LogP) is 3.46. The summed E-state index contributed by atoms with van der Waals surface area (Å²) >= 11 is 1.47. The molecule has 5 nitrogen and oxygen atoms in total. The first-order valence-electron chi connectivity index (χ1n) is 7.42. The van der Waals surface area contributed by atoms with E-state index < -0.39 is 0 Å². The van der Waals surface area contributed by atoms with Crippen molar-refractivity contribution in [3.63, 3.8) is 0 Å². The van der Waals surface area contributed by atoms with Crippen LogP contribution in [0.4, 0.5) is 5.82 Å². The number of nitrogens with zero attached hydrogens (tertiary/aromatic N) is 1. The standard InChI is InChI=1S/C17H15N3O2S/c21-17(18-16-12-10-22-9-8-13(12)19-20-16)15-7-6-14(23-15)11-4-2-1-3-5-11/h1-7H,8-10H2,(H2,18,19,20,21). The molecule has 0 fully saturated rings. The minimum Gasteiger partial charge on any atom is -0.376 e. The van der Waals surface area contributed by atoms with Gasteiger partial charge in [-0.3, -0.25) is 9.89 Å². The maximum absolute atomic E-state index is 12.4. The van der Waals surface area contributed by atoms with Gasteiger partial charge in [0.1, 0.15) is 0 Å². The van der Waals surface area contributed by atoms with Crippen LogP contribution >= 0.6 is 11.3 Å². The summed E-state index contributed by atoms with van der Waals surface area (Å²) in [5, 5.41) is 10.0. The van der Waals surface area contributed by atoms with E-state index in [1.165, 1.54) is 11.3 Å². The molecule has 2 aromatic heterocycles. The molecule has 1 aromatic carbocycles. The third-order valence-corrected chi connectivity index (χ3v) is 4.95. The zero-order chi connectivity index (χ0) is 15.6. The first-order valence-corrected chi connectivity index (χ1v) is 8.23. The molecule has 0 spiro atoms. The van der Waals surface area contributed by atoms with E-state index in [2.05, 4.69) is 15.5 Å². The van der Waals surface area contributed by atoms with Crippen molar-refractivity contribution in [2.24, 2.45) is 0 Å². The van der Waals surface area contributed by atoms with Gasteiger partial charge in [-0.1, -0.05) is 30.3 Å². The van der Waals surface area contributed by atoms with E-state index in [9.17, 15) is 4.79 Å². The summed E-state index contributed by atoms with van der Waals surface area (Å²) in [7, 11) is 0. The Balaban J connectivity index is 1.54. The predicted molar refractivity (Wildman–Crippen MR) is 89.7 cm³/mol. The van der Waals surface area contributed by atoms with Gasteiger partial charge in [-0.25, -0.2) is 0 Å². The second-order valence-electron chi connectivity index (χ2n) is 5.32. The number of thiophene rings is 1. The lowest BCUT2D eigenvalue weighted by Gasteiger charge is -2.12. The fraction of sp³-hybridized carbons (Fsp3) is 0.176. The van der Waals surface area contributed by atoms with E-state index in [-0.39, 0.29) is 5.91 Å². The van der Waals surface area contributed by atoms with Gasteiger partial charge >= 0.3 is 0 Å². The van der Waals surface area contributed by atoms with Gasteiger partial charge in [0.2, 0.25) is 0 Å². The summed E-state index contributed by atoms with van der Waals surface area (Å²) in [5.41, 5.74) is 3.11. The summed E-state index contributed by atoms with van der Waals surface area (Å²) < 4.78 is 5.44. The molecule has 3 heterocycles. The van der Waals surface area contributed by atoms with Crippen molar-refractivity contribution >= 4 is 23.1 Å².